The number of hydrogen-bond donors (Lipinski definition) is 2. The van der Waals surface area contributed by atoms with Gasteiger partial charge < -0.3 is 11.5 Å². The van der Waals surface area contributed by atoms with Gasteiger partial charge in [0, 0.05) is 5.56 Å². The summed E-state index contributed by atoms with van der Waals surface area (Å²) < 4.78 is 1.48. The Morgan fingerprint density at radius 1 is 1.00 bits per heavy atom. The van der Waals surface area contributed by atoms with Gasteiger partial charge in [0.2, 0.25) is 5.78 Å². The first-order chi connectivity index (χ1) is 10.6. The molecule has 0 aliphatic carbocycles. The number of carbonyl (C=O) groups excluding carboxylic acids is 1. The summed E-state index contributed by atoms with van der Waals surface area (Å²) in [6.45, 7) is 1.96. The van der Waals surface area contributed by atoms with Crippen LogP contribution < -0.4 is 11.5 Å². The van der Waals surface area contributed by atoms with Crippen molar-refractivity contribution in [3.05, 3.63) is 71.4 Å². The maximum Gasteiger partial charge on any atom is 0.215 e. The fraction of sp³-hybridized carbons (Fsp3) is 0.0588. The van der Waals surface area contributed by atoms with Crippen LogP contribution in [0.5, 0.6) is 0 Å². The summed E-state index contributed by atoms with van der Waals surface area (Å²) in [6.07, 6.45) is 0. The van der Waals surface area contributed by atoms with Crippen LogP contribution in [0.25, 0.3) is 5.69 Å². The number of rotatable bonds is 3. The molecular weight excluding hydrogens is 276 g/mol. The Kier molecular flexibility index (Phi) is 3.39. The number of anilines is 2. The fourth-order valence-electron chi connectivity index (χ4n) is 2.22. The average Bonchev–Trinajstić information content (AvgIpc) is 2.84. The Bertz CT molecular complexity index is 820. The van der Waals surface area contributed by atoms with Crippen molar-refractivity contribution in [1.82, 2.24) is 9.78 Å². The minimum Gasteiger partial charge on any atom is -0.394 e. The van der Waals surface area contributed by atoms with E-state index in [9.17, 15) is 4.79 Å². The molecule has 22 heavy (non-hydrogen) atoms. The van der Waals surface area contributed by atoms with Crippen LogP contribution in [0, 0.1) is 6.92 Å². The molecule has 1 heterocycles. The smallest absolute Gasteiger partial charge is 0.215 e. The molecule has 0 amide bonds. The van der Waals surface area contributed by atoms with E-state index in [4.69, 9.17) is 11.5 Å². The molecule has 0 spiro atoms. The summed E-state index contributed by atoms with van der Waals surface area (Å²) in [5, 5.41) is 4.30. The van der Waals surface area contributed by atoms with Gasteiger partial charge in [-0.15, -0.1) is 0 Å². The number of nitrogen functional groups attached to an aromatic ring is 2. The maximum atomic E-state index is 12.6. The predicted octanol–water partition coefficient (Wildman–Crippen LogP) is 2.58. The number of para-hydroxylation sites is 1. The van der Waals surface area contributed by atoms with Crippen LogP contribution in [0.3, 0.4) is 0 Å². The van der Waals surface area contributed by atoms with Crippen molar-refractivity contribution in [1.29, 1.82) is 0 Å². The van der Waals surface area contributed by atoms with E-state index in [1.54, 1.807) is 12.1 Å². The van der Waals surface area contributed by atoms with Crippen LogP contribution in [0.2, 0.25) is 0 Å². The van der Waals surface area contributed by atoms with Crippen molar-refractivity contribution in [2.75, 3.05) is 11.5 Å². The molecule has 0 unspecified atom stereocenters. The van der Waals surface area contributed by atoms with Gasteiger partial charge in [0.05, 0.1) is 5.69 Å². The number of hydrogen-bond acceptors (Lipinski definition) is 4. The molecule has 1 aromatic heterocycles. The van der Waals surface area contributed by atoms with Crippen molar-refractivity contribution in [3.8, 4) is 5.69 Å². The number of aromatic nitrogens is 2. The second-order valence-electron chi connectivity index (χ2n) is 5.09. The summed E-state index contributed by atoms with van der Waals surface area (Å²) in [5.74, 6) is 0.0283. The molecule has 0 bridgehead atoms. The molecule has 0 atom stereocenters. The molecular formula is C17H16N4O. The first-order valence-electron chi connectivity index (χ1n) is 6.88. The predicted molar refractivity (Wildman–Crippen MR) is 87.0 cm³/mol. The summed E-state index contributed by atoms with van der Waals surface area (Å²) in [5.41, 5.74) is 14.7. The molecule has 0 saturated heterocycles. The van der Waals surface area contributed by atoms with Gasteiger partial charge in [-0.2, -0.15) is 5.10 Å². The van der Waals surface area contributed by atoms with Crippen LogP contribution in [0.15, 0.2) is 54.6 Å². The lowest BCUT2D eigenvalue weighted by atomic mass is 10.1. The van der Waals surface area contributed by atoms with E-state index in [0.29, 0.717) is 5.56 Å². The normalized spacial score (nSPS) is 10.6. The van der Waals surface area contributed by atoms with E-state index in [1.807, 2.05) is 49.4 Å². The highest BCUT2D eigenvalue weighted by molar-refractivity contribution is 6.11. The fourth-order valence-corrected chi connectivity index (χ4v) is 2.22. The molecule has 3 rings (SSSR count). The lowest BCUT2D eigenvalue weighted by molar-refractivity contribution is 0.103. The van der Waals surface area contributed by atoms with Crippen molar-refractivity contribution in [2.45, 2.75) is 6.92 Å². The molecule has 0 radical (unpaired) electrons. The van der Waals surface area contributed by atoms with Gasteiger partial charge in [0.25, 0.3) is 0 Å². The zero-order valence-electron chi connectivity index (χ0n) is 12.2. The van der Waals surface area contributed by atoms with Gasteiger partial charge in [0.1, 0.15) is 5.69 Å². The van der Waals surface area contributed by atoms with Gasteiger partial charge in [0.15, 0.2) is 11.5 Å². The van der Waals surface area contributed by atoms with Crippen molar-refractivity contribution < 1.29 is 4.79 Å². The van der Waals surface area contributed by atoms with Gasteiger partial charge >= 0.3 is 0 Å². The third kappa shape index (κ3) is 2.33. The summed E-state index contributed by atoms with van der Waals surface area (Å²) in [7, 11) is 0. The molecule has 4 N–H and O–H groups in total. The number of benzene rings is 2. The Labute approximate surface area is 128 Å². The topological polar surface area (TPSA) is 86.9 Å². The van der Waals surface area contributed by atoms with Crippen LogP contribution in [0.4, 0.5) is 11.5 Å². The van der Waals surface area contributed by atoms with E-state index in [1.165, 1.54) is 4.68 Å². The summed E-state index contributed by atoms with van der Waals surface area (Å²) >= 11 is 0. The number of carbonyl (C=O) groups is 1. The van der Waals surface area contributed by atoms with Gasteiger partial charge in [-0.25, -0.2) is 4.68 Å². The first-order valence-corrected chi connectivity index (χ1v) is 6.88. The molecule has 5 heteroatoms. The van der Waals surface area contributed by atoms with Crippen LogP contribution >= 0.6 is 0 Å². The molecule has 0 saturated carbocycles. The molecule has 0 fully saturated rings. The minimum absolute atomic E-state index is 0.171. The zero-order chi connectivity index (χ0) is 15.7. The van der Waals surface area contributed by atoms with Crippen LogP contribution in [0.1, 0.15) is 21.6 Å². The van der Waals surface area contributed by atoms with Gasteiger partial charge in [-0.1, -0.05) is 48.0 Å². The molecule has 2 aromatic carbocycles. The van der Waals surface area contributed by atoms with Crippen LogP contribution in [-0.2, 0) is 0 Å². The largest absolute Gasteiger partial charge is 0.394 e. The highest BCUT2D eigenvalue weighted by atomic mass is 16.1. The average molecular weight is 292 g/mol. The number of aryl methyl sites for hydroxylation is 1. The summed E-state index contributed by atoms with van der Waals surface area (Å²) in [6, 6.07) is 16.6. The number of ketones is 1. The van der Waals surface area contributed by atoms with E-state index in [2.05, 4.69) is 5.10 Å². The standard InChI is InChI=1S/C17H16N4O/c1-11-7-9-12(10-8-11)16(22)15-14(18)17(19)21(20-15)13-5-3-2-4-6-13/h2-10H,18-19H2,1H3. The summed E-state index contributed by atoms with van der Waals surface area (Å²) in [4.78, 5) is 12.6. The van der Waals surface area contributed by atoms with Crippen molar-refractivity contribution >= 4 is 17.3 Å². The van der Waals surface area contributed by atoms with Gasteiger partial charge in [-0.05, 0) is 19.1 Å². The lowest BCUT2D eigenvalue weighted by Gasteiger charge is -2.02. The molecule has 0 aliphatic heterocycles. The molecule has 110 valence electrons. The van der Waals surface area contributed by atoms with Crippen LogP contribution in [-0.4, -0.2) is 15.6 Å². The zero-order valence-corrected chi connectivity index (χ0v) is 12.2. The Morgan fingerprint density at radius 3 is 2.27 bits per heavy atom. The Hall–Kier alpha value is -3.08. The lowest BCUT2D eigenvalue weighted by Crippen LogP contribution is -2.06. The third-order valence-corrected chi connectivity index (χ3v) is 3.49. The number of nitrogens with zero attached hydrogens (tertiary/aromatic N) is 2. The van der Waals surface area contributed by atoms with E-state index in [0.717, 1.165) is 11.3 Å². The van der Waals surface area contributed by atoms with Crippen molar-refractivity contribution in [2.24, 2.45) is 0 Å². The first kappa shape index (κ1) is 13.9. The number of nitrogens with two attached hydrogens (primary N) is 2. The minimum atomic E-state index is -0.237. The van der Waals surface area contributed by atoms with Crippen molar-refractivity contribution in [3.63, 3.8) is 0 Å². The highest BCUT2D eigenvalue weighted by Gasteiger charge is 2.21. The van der Waals surface area contributed by atoms with E-state index < -0.39 is 0 Å². The third-order valence-electron chi connectivity index (χ3n) is 3.49. The SMILES string of the molecule is Cc1ccc(C(=O)c2nn(-c3ccccc3)c(N)c2N)cc1. The van der Waals surface area contributed by atoms with E-state index in [-0.39, 0.29) is 23.0 Å². The quantitative estimate of drug-likeness (QED) is 0.726. The maximum absolute atomic E-state index is 12.6. The van der Waals surface area contributed by atoms with Gasteiger partial charge in [-0.3, -0.25) is 4.79 Å². The van der Waals surface area contributed by atoms with E-state index >= 15 is 0 Å². The Balaban J connectivity index is 2.05. The Morgan fingerprint density at radius 2 is 1.64 bits per heavy atom. The highest BCUT2D eigenvalue weighted by Crippen LogP contribution is 2.25. The molecule has 0 aliphatic rings. The second-order valence-corrected chi connectivity index (χ2v) is 5.09. The molecule has 5 nitrogen and oxygen atoms in total. The monoisotopic (exact) mass is 292 g/mol. The molecule has 3 aromatic rings. The second kappa shape index (κ2) is 5.37.